The Labute approximate surface area is 83.0 Å². The van der Waals surface area contributed by atoms with Crippen molar-refractivity contribution in [3.05, 3.63) is 23.3 Å². The number of carbonyl (C=O) groups is 1. The molecule has 76 valence electrons. The highest BCUT2D eigenvalue weighted by Gasteiger charge is 2.15. The van der Waals surface area contributed by atoms with E-state index in [1.807, 2.05) is 6.92 Å². The zero-order valence-electron chi connectivity index (χ0n) is 8.37. The van der Waals surface area contributed by atoms with Crippen LogP contribution < -0.4 is 0 Å². The Bertz CT molecular complexity index is 333. The van der Waals surface area contributed by atoms with Crippen LogP contribution >= 0.6 is 0 Å². The number of phenolic OH excluding ortho intramolecular Hbond substituents is 2. The largest absolute Gasteiger partial charge is 0.507 e. The Morgan fingerprint density at radius 3 is 2.21 bits per heavy atom. The monoisotopic (exact) mass is 194 g/mol. The summed E-state index contributed by atoms with van der Waals surface area (Å²) in [7, 11) is 0. The lowest BCUT2D eigenvalue weighted by molar-refractivity contribution is 0.0976. The fraction of sp³-hybridized carbons (Fsp3) is 0.364. The van der Waals surface area contributed by atoms with Crippen LogP contribution in [0.2, 0.25) is 0 Å². The molecule has 1 rings (SSSR count). The molecule has 0 aliphatic rings. The molecule has 0 amide bonds. The Balaban J connectivity index is 3.14. The first kappa shape index (κ1) is 10.6. The molecule has 0 heterocycles. The Hall–Kier alpha value is -1.51. The lowest BCUT2D eigenvalue weighted by atomic mass is 10.0. The van der Waals surface area contributed by atoms with Crippen LogP contribution in [0.25, 0.3) is 0 Å². The topological polar surface area (TPSA) is 57.5 Å². The molecule has 3 nitrogen and oxygen atoms in total. The van der Waals surface area contributed by atoms with Crippen molar-refractivity contribution in [1.82, 2.24) is 0 Å². The predicted molar refractivity (Wildman–Crippen MR) is 53.7 cm³/mol. The first-order valence-electron chi connectivity index (χ1n) is 4.62. The molecule has 14 heavy (non-hydrogen) atoms. The van der Waals surface area contributed by atoms with Crippen molar-refractivity contribution < 1.29 is 15.0 Å². The molecule has 0 radical (unpaired) electrons. The third-order valence-electron chi connectivity index (χ3n) is 2.00. The maximum Gasteiger partial charge on any atom is 0.170 e. The molecule has 0 aromatic heterocycles. The number of hydrogen-bond donors (Lipinski definition) is 2. The first-order valence-corrected chi connectivity index (χ1v) is 4.62. The van der Waals surface area contributed by atoms with Crippen molar-refractivity contribution in [3.8, 4) is 11.5 Å². The van der Waals surface area contributed by atoms with E-state index < -0.39 is 0 Å². The van der Waals surface area contributed by atoms with Crippen molar-refractivity contribution in [2.24, 2.45) is 0 Å². The molecule has 1 aromatic rings. The molecule has 2 N–H and O–H groups in total. The van der Waals surface area contributed by atoms with Gasteiger partial charge in [0.1, 0.15) is 17.1 Å². The average molecular weight is 194 g/mol. The first-order chi connectivity index (χ1) is 6.56. The standard InChI is InChI=1S/C11H14O3/c1-3-4-8(12)11-9(13)5-7(2)6-10(11)14/h5-6,13-14H,3-4H2,1-2H3. The van der Waals surface area contributed by atoms with E-state index in [0.29, 0.717) is 12.8 Å². The highest BCUT2D eigenvalue weighted by Crippen LogP contribution is 2.29. The van der Waals surface area contributed by atoms with Crippen LogP contribution in [-0.2, 0) is 0 Å². The summed E-state index contributed by atoms with van der Waals surface area (Å²) < 4.78 is 0. The van der Waals surface area contributed by atoms with Gasteiger partial charge in [0.15, 0.2) is 5.78 Å². The van der Waals surface area contributed by atoms with Gasteiger partial charge in [-0.1, -0.05) is 6.92 Å². The van der Waals surface area contributed by atoms with E-state index in [1.165, 1.54) is 12.1 Å². The molecule has 0 aliphatic carbocycles. The summed E-state index contributed by atoms with van der Waals surface area (Å²) in [6.45, 7) is 3.62. The molecule has 3 heteroatoms. The predicted octanol–water partition coefficient (Wildman–Crippen LogP) is 2.39. The second-order valence-electron chi connectivity index (χ2n) is 3.35. The van der Waals surface area contributed by atoms with Gasteiger partial charge in [-0.25, -0.2) is 0 Å². The molecule has 0 unspecified atom stereocenters. The molecule has 0 aliphatic heterocycles. The van der Waals surface area contributed by atoms with E-state index in [-0.39, 0.29) is 22.8 Å². The minimum absolute atomic E-state index is 0.0393. The molecule has 0 saturated heterocycles. The molecule has 0 saturated carbocycles. The minimum Gasteiger partial charge on any atom is -0.507 e. The van der Waals surface area contributed by atoms with Gasteiger partial charge in [-0.3, -0.25) is 4.79 Å². The lowest BCUT2D eigenvalue weighted by Gasteiger charge is -2.06. The fourth-order valence-electron chi connectivity index (χ4n) is 1.39. The summed E-state index contributed by atoms with van der Waals surface area (Å²) in [6, 6.07) is 2.95. The number of Topliss-reactive ketones (excluding diaryl/α,β-unsaturated/α-hetero) is 1. The molecule has 0 fully saturated rings. The van der Waals surface area contributed by atoms with Crippen LogP contribution in [0.3, 0.4) is 0 Å². The van der Waals surface area contributed by atoms with Gasteiger partial charge < -0.3 is 10.2 Å². The van der Waals surface area contributed by atoms with E-state index in [0.717, 1.165) is 5.56 Å². The van der Waals surface area contributed by atoms with Crippen molar-refractivity contribution >= 4 is 5.78 Å². The van der Waals surface area contributed by atoms with Crippen molar-refractivity contribution in [2.75, 3.05) is 0 Å². The maximum atomic E-state index is 11.5. The van der Waals surface area contributed by atoms with E-state index >= 15 is 0 Å². The van der Waals surface area contributed by atoms with Gasteiger partial charge in [0.2, 0.25) is 0 Å². The minimum atomic E-state index is -0.220. The number of hydrogen-bond acceptors (Lipinski definition) is 3. The lowest BCUT2D eigenvalue weighted by Crippen LogP contribution is -1.99. The van der Waals surface area contributed by atoms with E-state index in [2.05, 4.69) is 0 Å². The number of aromatic hydroxyl groups is 2. The smallest absolute Gasteiger partial charge is 0.170 e. The number of ketones is 1. The average Bonchev–Trinajstić information content (AvgIpc) is 2.01. The number of aryl methyl sites for hydroxylation is 1. The quantitative estimate of drug-likeness (QED) is 0.726. The summed E-state index contributed by atoms with van der Waals surface area (Å²) in [5.41, 5.74) is 0.769. The highest BCUT2D eigenvalue weighted by atomic mass is 16.3. The molecule has 0 bridgehead atoms. The molecule has 0 spiro atoms. The SMILES string of the molecule is CCCC(=O)c1c(O)cc(C)cc1O. The number of rotatable bonds is 3. The number of phenols is 2. The van der Waals surface area contributed by atoms with Gasteiger partial charge in [0, 0.05) is 6.42 Å². The van der Waals surface area contributed by atoms with Crippen LogP contribution in [0.15, 0.2) is 12.1 Å². The second kappa shape index (κ2) is 4.13. The summed E-state index contributed by atoms with van der Waals surface area (Å²) in [5, 5.41) is 19.0. The summed E-state index contributed by atoms with van der Waals surface area (Å²) in [4.78, 5) is 11.5. The zero-order chi connectivity index (χ0) is 10.7. The van der Waals surface area contributed by atoms with Gasteiger partial charge in [0.05, 0.1) is 0 Å². The van der Waals surface area contributed by atoms with Crippen LogP contribution in [0, 0.1) is 6.92 Å². The van der Waals surface area contributed by atoms with Crippen LogP contribution in [-0.4, -0.2) is 16.0 Å². The third kappa shape index (κ3) is 2.05. The van der Waals surface area contributed by atoms with Crippen LogP contribution in [0.4, 0.5) is 0 Å². The zero-order valence-corrected chi connectivity index (χ0v) is 8.37. The van der Waals surface area contributed by atoms with Gasteiger partial charge >= 0.3 is 0 Å². The fourth-order valence-corrected chi connectivity index (χ4v) is 1.39. The summed E-state index contributed by atoms with van der Waals surface area (Å²) >= 11 is 0. The van der Waals surface area contributed by atoms with Crippen LogP contribution in [0.5, 0.6) is 11.5 Å². The molecular weight excluding hydrogens is 180 g/mol. The third-order valence-corrected chi connectivity index (χ3v) is 2.00. The van der Waals surface area contributed by atoms with E-state index in [1.54, 1.807) is 6.92 Å². The Morgan fingerprint density at radius 2 is 1.79 bits per heavy atom. The number of carbonyl (C=O) groups excluding carboxylic acids is 1. The normalized spacial score (nSPS) is 10.1. The molecule has 0 atom stereocenters. The van der Waals surface area contributed by atoms with E-state index in [9.17, 15) is 15.0 Å². The summed E-state index contributed by atoms with van der Waals surface area (Å²) in [6.07, 6.45) is 1.04. The number of benzene rings is 1. The van der Waals surface area contributed by atoms with Crippen molar-refractivity contribution in [1.29, 1.82) is 0 Å². The Morgan fingerprint density at radius 1 is 1.29 bits per heavy atom. The van der Waals surface area contributed by atoms with Gasteiger partial charge in [0.25, 0.3) is 0 Å². The van der Waals surface area contributed by atoms with Crippen molar-refractivity contribution in [2.45, 2.75) is 26.7 Å². The van der Waals surface area contributed by atoms with Gasteiger partial charge in [-0.2, -0.15) is 0 Å². The van der Waals surface area contributed by atoms with Crippen LogP contribution in [0.1, 0.15) is 35.7 Å². The molecule has 1 aromatic carbocycles. The Kier molecular flexibility index (Phi) is 3.12. The highest BCUT2D eigenvalue weighted by molar-refractivity contribution is 6.01. The van der Waals surface area contributed by atoms with Gasteiger partial charge in [-0.05, 0) is 31.0 Å². The van der Waals surface area contributed by atoms with E-state index in [4.69, 9.17) is 0 Å². The second-order valence-corrected chi connectivity index (χ2v) is 3.35. The van der Waals surface area contributed by atoms with Gasteiger partial charge in [-0.15, -0.1) is 0 Å². The maximum absolute atomic E-state index is 11.5. The van der Waals surface area contributed by atoms with Crippen molar-refractivity contribution in [3.63, 3.8) is 0 Å². The molecular formula is C11H14O3. The summed E-state index contributed by atoms with van der Waals surface area (Å²) in [5.74, 6) is -0.496.